The second-order valence-corrected chi connectivity index (χ2v) is 5.35. The number of anilines is 2. The predicted octanol–water partition coefficient (Wildman–Crippen LogP) is 4.27. The number of halogens is 1. The first-order chi connectivity index (χ1) is 9.54. The Labute approximate surface area is 129 Å². The number of rotatable bonds is 3. The Bertz CT molecular complexity index is 628. The molecule has 5 heteroatoms. The molecular weight excluding hydrogens is 290 g/mol. The zero-order valence-electron chi connectivity index (χ0n) is 11.3. The van der Waals surface area contributed by atoms with E-state index in [-0.39, 0.29) is 0 Å². The first-order valence-electron chi connectivity index (χ1n) is 6.20. The van der Waals surface area contributed by atoms with Gasteiger partial charge in [-0.25, -0.2) is 0 Å². The molecule has 0 bridgehead atoms. The number of nitrogens with one attached hydrogen (secondary N) is 3. The van der Waals surface area contributed by atoms with Crippen LogP contribution in [0.4, 0.5) is 11.4 Å². The summed E-state index contributed by atoms with van der Waals surface area (Å²) in [5.41, 5.74) is 10.0. The van der Waals surface area contributed by atoms with Gasteiger partial charge >= 0.3 is 0 Å². The molecule has 0 amide bonds. The van der Waals surface area contributed by atoms with Gasteiger partial charge in [-0.05, 0) is 61.5 Å². The number of hydrazine groups is 1. The average Bonchev–Trinajstić information content (AvgIpc) is 2.41. The lowest BCUT2D eigenvalue weighted by Gasteiger charge is -2.13. The van der Waals surface area contributed by atoms with Crippen molar-refractivity contribution in [1.82, 2.24) is 5.43 Å². The van der Waals surface area contributed by atoms with Crippen LogP contribution < -0.4 is 16.2 Å². The van der Waals surface area contributed by atoms with E-state index in [1.165, 1.54) is 5.56 Å². The average molecular weight is 306 g/mol. The van der Waals surface area contributed by atoms with Gasteiger partial charge in [0.1, 0.15) is 0 Å². The molecule has 0 fully saturated rings. The van der Waals surface area contributed by atoms with Gasteiger partial charge in [-0.15, -0.1) is 0 Å². The van der Waals surface area contributed by atoms with Crippen molar-refractivity contribution < 1.29 is 0 Å². The van der Waals surface area contributed by atoms with Crippen LogP contribution in [0, 0.1) is 13.8 Å². The second kappa shape index (κ2) is 6.59. The standard InChI is InChI=1S/C15H16ClN3S/c1-10-4-3-5-13(8-10)18-19-15(20)17-12-7-6-11(2)14(16)9-12/h3-9,18H,1-2H3,(H2,17,19,20). The maximum absolute atomic E-state index is 6.07. The third-order valence-electron chi connectivity index (χ3n) is 2.77. The summed E-state index contributed by atoms with van der Waals surface area (Å²) in [6.45, 7) is 4.00. The molecule has 0 spiro atoms. The zero-order valence-corrected chi connectivity index (χ0v) is 12.9. The minimum Gasteiger partial charge on any atom is -0.331 e. The van der Waals surface area contributed by atoms with E-state index < -0.39 is 0 Å². The molecular formula is C15H16ClN3S. The van der Waals surface area contributed by atoms with Gasteiger partial charge in [-0.3, -0.25) is 10.9 Å². The molecule has 0 aliphatic carbocycles. The van der Waals surface area contributed by atoms with Gasteiger partial charge in [0.2, 0.25) is 0 Å². The highest BCUT2D eigenvalue weighted by molar-refractivity contribution is 7.80. The molecule has 20 heavy (non-hydrogen) atoms. The topological polar surface area (TPSA) is 36.1 Å². The Morgan fingerprint density at radius 1 is 1.05 bits per heavy atom. The number of benzene rings is 2. The molecule has 2 aromatic rings. The largest absolute Gasteiger partial charge is 0.331 e. The van der Waals surface area contributed by atoms with E-state index in [9.17, 15) is 0 Å². The van der Waals surface area contributed by atoms with Crippen LogP contribution in [0.15, 0.2) is 42.5 Å². The fraction of sp³-hybridized carbons (Fsp3) is 0.133. The number of thiocarbonyl (C=S) groups is 1. The SMILES string of the molecule is Cc1cccc(NNC(=S)Nc2ccc(C)c(Cl)c2)c1. The monoisotopic (exact) mass is 305 g/mol. The highest BCUT2D eigenvalue weighted by atomic mass is 35.5. The first kappa shape index (κ1) is 14.6. The quantitative estimate of drug-likeness (QED) is 0.584. The highest BCUT2D eigenvalue weighted by Crippen LogP contribution is 2.19. The number of hydrogen-bond donors (Lipinski definition) is 3. The summed E-state index contributed by atoms with van der Waals surface area (Å²) in [5, 5.41) is 4.26. The van der Waals surface area contributed by atoms with E-state index in [0.29, 0.717) is 10.1 Å². The Balaban J connectivity index is 1.91. The van der Waals surface area contributed by atoms with Crippen molar-refractivity contribution in [3.63, 3.8) is 0 Å². The summed E-state index contributed by atoms with van der Waals surface area (Å²) in [6, 6.07) is 13.7. The molecule has 0 aliphatic heterocycles. The van der Waals surface area contributed by atoms with Crippen LogP contribution in [0.5, 0.6) is 0 Å². The van der Waals surface area contributed by atoms with Gasteiger partial charge in [0.15, 0.2) is 5.11 Å². The lowest BCUT2D eigenvalue weighted by atomic mass is 10.2. The summed E-state index contributed by atoms with van der Waals surface area (Å²) < 4.78 is 0. The fourth-order valence-electron chi connectivity index (χ4n) is 1.68. The Kier molecular flexibility index (Phi) is 4.82. The maximum Gasteiger partial charge on any atom is 0.189 e. The third kappa shape index (κ3) is 4.11. The molecule has 0 radical (unpaired) electrons. The molecule has 0 atom stereocenters. The lowest BCUT2D eigenvalue weighted by Crippen LogP contribution is -2.33. The van der Waals surface area contributed by atoms with Crippen LogP contribution in [0.25, 0.3) is 0 Å². The minimum atomic E-state index is 0.478. The fourth-order valence-corrected chi connectivity index (χ4v) is 2.03. The molecule has 0 unspecified atom stereocenters. The summed E-state index contributed by atoms with van der Waals surface area (Å²) in [7, 11) is 0. The Morgan fingerprint density at radius 3 is 2.55 bits per heavy atom. The van der Waals surface area contributed by atoms with Crippen molar-refractivity contribution in [2.75, 3.05) is 10.7 Å². The van der Waals surface area contributed by atoms with E-state index in [0.717, 1.165) is 16.9 Å². The van der Waals surface area contributed by atoms with E-state index >= 15 is 0 Å². The first-order valence-corrected chi connectivity index (χ1v) is 6.99. The van der Waals surface area contributed by atoms with Gasteiger partial charge in [0.05, 0.1) is 5.69 Å². The second-order valence-electron chi connectivity index (χ2n) is 4.54. The van der Waals surface area contributed by atoms with E-state index in [1.54, 1.807) is 0 Å². The molecule has 0 aromatic heterocycles. The van der Waals surface area contributed by atoms with Crippen molar-refractivity contribution in [2.24, 2.45) is 0 Å². The molecule has 0 saturated heterocycles. The molecule has 3 N–H and O–H groups in total. The van der Waals surface area contributed by atoms with Gasteiger partial charge in [-0.2, -0.15) is 0 Å². The van der Waals surface area contributed by atoms with Crippen molar-refractivity contribution in [3.05, 3.63) is 58.6 Å². The summed E-state index contributed by atoms with van der Waals surface area (Å²) >= 11 is 11.3. The summed E-state index contributed by atoms with van der Waals surface area (Å²) in [5.74, 6) is 0. The number of hydrogen-bond acceptors (Lipinski definition) is 2. The van der Waals surface area contributed by atoms with Gasteiger partial charge in [0, 0.05) is 10.7 Å². The molecule has 3 nitrogen and oxygen atoms in total. The van der Waals surface area contributed by atoms with Gasteiger partial charge < -0.3 is 5.32 Å². The van der Waals surface area contributed by atoms with Crippen LogP contribution in [0.1, 0.15) is 11.1 Å². The Hall–Kier alpha value is -1.78. The lowest BCUT2D eigenvalue weighted by molar-refractivity contribution is 1.13. The van der Waals surface area contributed by atoms with E-state index in [2.05, 4.69) is 16.2 Å². The molecule has 0 saturated carbocycles. The van der Waals surface area contributed by atoms with E-state index in [1.807, 2.05) is 56.3 Å². The van der Waals surface area contributed by atoms with Crippen LogP contribution in [0.2, 0.25) is 5.02 Å². The molecule has 0 aliphatic rings. The normalized spacial score (nSPS) is 9.95. The van der Waals surface area contributed by atoms with E-state index in [4.69, 9.17) is 23.8 Å². The third-order valence-corrected chi connectivity index (χ3v) is 3.38. The van der Waals surface area contributed by atoms with Crippen molar-refractivity contribution >= 4 is 40.3 Å². The van der Waals surface area contributed by atoms with Gasteiger partial charge in [-0.1, -0.05) is 29.8 Å². The molecule has 0 heterocycles. The molecule has 104 valence electrons. The highest BCUT2D eigenvalue weighted by Gasteiger charge is 2.00. The zero-order chi connectivity index (χ0) is 14.5. The number of aryl methyl sites for hydroxylation is 2. The maximum atomic E-state index is 6.07. The van der Waals surface area contributed by atoms with Crippen LogP contribution in [-0.2, 0) is 0 Å². The van der Waals surface area contributed by atoms with Crippen LogP contribution >= 0.6 is 23.8 Å². The van der Waals surface area contributed by atoms with Crippen molar-refractivity contribution in [2.45, 2.75) is 13.8 Å². The van der Waals surface area contributed by atoms with Crippen molar-refractivity contribution in [1.29, 1.82) is 0 Å². The smallest absolute Gasteiger partial charge is 0.189 e. The van der Waals surface area contributed by atoms with Crippen LogP contribution in [-0.4, -0.2) is 5.11 Å². The van der Waals surface area contributed by atoms with Crippen molar-refractivity contribution in [3.8, 4) is 0 Å². The summed E-state index contributed by atoms with van der Waals surface area (Å²) in [4.78, 5) is 0. The molecule has 2 rings (SSSR count). The van der Waals surface area contributed by atoms with Crippen LogP contribution in [0.3, 0.4) is 0 Å². The minimum absolute atomic E-state index is 0.478. The summed E-state index contributed by atoms with van der Waals surface area (Å²) in [6.07, 6.45) is 0. The predicted molar refractivity (Wildman–Crippen MR) is 90.3 cm³/mol. The molecule has 2 aromatic carbocycles. The Morgan fingerprint density at radius 2 is 1.85 bits per heavy atom. The van der Waals surface area contributed by atoms with Gasteiger partial charge in [0.25, 0.3) is 0 Å².